The minimum Gasteiger partial charge on any atom is -0.496 e. The normalized spacial score (nSPS) is 22.5. The van der Waals surface area contributed by atoms with E-state index in [0.29, 0.717) is 28.7 Å². The highest BCUT2D eigenvalue weighted by Crippen LogP contribution is 2.44. The minimum atomic E-state index is -4.75. The average molecular weight is 488 g/mol. The Morgan fingerprint density at radius 1 is 1.25 bits per heavy atom. The summed E-state index contributed by atoms with van der Waals surface area (Å²) in [5.41, 5.74) is 0.582. The van der Waals surface area contributed by atoms with Crippen LogP contribution in [0.4, 0.5) is 4.79 Å². The number of Topliss-reactive ketones (excluding diaryl/α,β-unsaturated/α-hetero) is 1. The molecule has 3 N–H and O–H groups in total. The lowest BCUT2D eigenvalue weighted by Gasteiger charge is -2.24. The largest absolute Gasteiger partial charge is 0.524 e. The highest BCUT2D eigenvalue weighted by atomic mass is 32.2. The zero-order valence-corrected chi connectivity index (χ0v) is 20.0. The lowest BCUT2D eigenvalue weighted by molar-refractivity contribution is -0.117. The van der Waals surface area contributed by atoms with Gasteiger partial charge in [0.15, 0.2) is 0 Å². The van der Waals surface area contributed by atoms with Crippen molar-refractivity contribution in [3.8, 4) is 17.2 Å². The molecule has 0 saturated carbocycles. The summed E-state index contributed by atoms with van der Waals surface area (Å²) in [4.78, 5) is 43.8. The van der Waals surface area contributed by atoms with E-state index in [2.05, 4.69) is 9.84 Å². The molecule has 0 radical (unpaired) electrons. The first-order chi connectivity index (χ1) is 15.1. The van der Waals surface area contributed by atoms with E-state index in [1.165, 1.54) is 26.4 Å². The number of benzene rings is 1. The van der Waals surface area contributed by atoms with Crippen LogP contribution in [0.15, 0.2) is 12.1 Å². The lowest BCUT2D eigenvalue weighted by atomic mass is 10.0. The molecule has 0 aromatic heterocycles. The predicted molar refractivity (Wildman–Crippen MR) is 119 cm³/mol. The smallest absolute Gasteiger partial charge is 0.496 e. The molecule has 0 aliphatic carbocycles. The number of amides is 2. The number of methoxy groups -OCH3 is 2. The number of ether oxygens (including phenoxy) is 2. The molecule has 1 aromatic rings. The van der Waals surface area contributed by atoms with Gasteiger partial charge in [-0.15, -0.1) is 0 Å². The van der Waals surface area contributed by atoms with Crippen LogP contribution in [0.2, 0.25) is 0 Å². The summed E-state index contributed by atoms with van der Waals surface area (Å²) < 4.78 is 26.7. The van der Waals surface area contributed by atoms with E-state index in [9.17, 15) is 14.2 Å². The maximum atomic E-state index is 12.8. The first-order valence-electron chi connectivity index (χ1n) is 10.3. The van der Waals surface area contributed by atoms with Crippen molar-refractivity contribution in [1.82, 2.24) is 10.2 Å². The minimum absolute atomic E-state index is 0.00532. The molecule has 0 bridgehead atoms. The van der Waals surface area contributed by atoms with E-state index < -0.39 is 7.82 Å². The molecule has 2 amide bonds. The van der Waals surface area contributed by atoms with Gasteiger partial charge in [0.05, 0.1) is 38.4 Å². The summed E-state index contributed by atoms with van der Waals surface area (Å²) in [5, 5.41) is 3.39. The van der Waals surface area contributed by atoms with E-state index in [4.69, 9.17) is 19.3 Å². The SMILES string of the molecule is COc1cc(OP(=O)(O)O)cc(OC)c1CN1C(=O)N[C@@H]2[C@H](CCCCC(C)=O)SC[C@@H]21. The summed E-state index contributed by atoms with van der Waals surface area (Å²) in [5.74, 6) is 1.50. The second-order valence-corrected chi connectivity index (χ2v) is 10.3. The molecule has 2 aliphatic rings. The fourth-order valence-corrected chi connectivity index (χ4v) is 6.18. The zero-order valence-electron chi connectivity index (χ0n) is 18.3. The lowest BCUT2D eigenvalue weighted by Crippen LogP contribution is -2.38. The van der Waals surface area contributed by atoms with Crippen LogP contribution in [0, 0.1) is 0 Å². The molecule has 12 heteroatoms. The fraction of sp³-hybridized carbons (Fsp3) is 0.600. The number of fused-ring (bicyclic) bond motifs is 1. The third-order valence-electron chi connectivity index (χ3n) is 5.65. The predicted octanol–water partition coefficient (Wildman–Crippen LogP) is 2.70. The van der Waals surface area contributed by atoms with Gasteiger partial charge in [-0.3, -0.25) is 9.79 Å². The number of urea groups is 1. The van der Waals surface area contributed by atoms with Gasteiger partial charge in [0.1, 0.15) is 23.0 Å². The van der Waals surface area contributed by atoms with E-state index >= 15 is 0 Å². The Kier molecular flexibility index (Phi) is 7.97. The van der Waals surface area contributed by atoms with E-state index in [1.54, 1.807) is 11.8 Å². The maximum Gasteiger partial charge on any atom is 0.524 e. The zero-order chi connectivity index (χ0) is 23.5. The molecule has 0 spiro atoms. The van der Waals surface area contributed by atoms with E-state index in [1.807, 2.05) is 11.8 Å². The number of hydrogen-bond donors (Lipinski definition) is 3. The Bertz CT molecular complexity index is 883. The van der Waals surface area contributed by atoms with Gasteiger partial charge in [-0.2, -0.15) is 11.8 Å². The standard InChI is InChI=1S/C20H29N2O8PS/c1-12(23)6-4-5-7-18-19-15(11-32-18)22(20(24)21-19)10-14-16(28-2)8-13(9-17(14)29-3)30-31(25,26)27/h8-9,15,18-19H,4-7,10-11H2,1-3H3,(H,21,24)(H2,25,26,27)/t15-,18-,19-/m0/s1. The molecule has 2 aliphatic heterocycles. The number of phosphoric ester groups is 1. The van der Waals surface area contributed by atoms with Crippen LogP contribution in [-0.4, -0.2) is 63.8 Å². The van der Waals surface area contributed by atoms with Gasteiger partial charge in [-0.1, -0.05) is 6.42 Å². The topological polar surface area (TPSA) is 135 Å². The Hall–Kier alpha value is -1.94. The number of nitrogens with zero attached hydrogens (tertiary/aromatic N) is 1. The second kappa shape index (κ2) is 10.3. The summed E-state index contributed by atoms with van der Waals surface area (Å²) in [6, 6.07) is 2.59. The number of nitrogens with one attached hydrogen (secondary N) is 1. The molecule has 2 heterocycles. The third-order valence-corrected chi connectivity index (χ3v) is 7.59. The highest BCUT2D eigenvalue weighted by molar-refractivity contribution is 8.00. The van der Waals surface area contributed by atoms with E-state index in [-0.39, 0.29) is 36.2 Å². The molecule has 3 atom stereocenters. The first kappa shape index (κ1) is 24.7. The summed E-state index contributed by atoms with van der Waals surface area (Å²) in [6.07, 6.45) is 3.33. The van der Waals surface area contributed by atoms with E-state index in [0.717, 1.165) is 25.0 Å². The fourth-order valence-electron chi connectivity index (χ4n) is 4.17. The van der Waals surface area contributed by atoms with Crippen molar-refractivity contribution < 1.29 is 37.9 Å². The number of unbranched alkanes of at least 4 members (excludes halogenated alkanes) is 1. The average Bonchev–Trinajstić information content (AvgIpc) is 3.23. The highest BCUT2D eigenvalue weighted by Gasteiger charge is 2.48. The molecule has 2 saturated heterocycles. The molecule has 10 nitrogen and oxygen atoms in total. The quantitative estimate of drug-likeness (QED) is 0.244. The van der Waals surface area contributed by atoms with Gasteiger partial charge >= 0.3 is 13.9 Å². The van der Waals surface area contributed by atoms with Gasteiger partial charge in [0, 0.05) is 29.6 Å². The molecule has 3 rings (SSSR count). The van der Waals surface area contributed by atoms with Gasteiger partial charge in [0.25, 0.3) is 0 Å². The summed E-state index contributed by atoms with van der Waals surface area (Å²) in [7, 11) is -1.90. The first-order valence-corrected chi connectivity index (χ1v) is 12.9. The Balaban J connectivity index is 1.74. The van der Waals surface area contributed by atoms with Crippen molar-refractivity contribution in [3.63, 3.8) is 0 Å². The Labute approximate surface area is 191 Å². The molecular formula is C20H29N2O8PS. The summed E-state index contributed by atoms with van der Waals surface area (Å²) >= 11 is 1.83. The van der Waals surface area contributed by atoms with Crippen molar-refractivity contribution in [2.45, 2.75) is 56.5 Å². The monoisotopic (exact) mass is 488 g/mol. The maximum absolute atomic E-state index is 12.8. The number of carbonyl (C=O) groups is 2. The molecular weight excluding hydrogens is 459 g/mol. The molecule has 32 heavy (non-hydrogen) atoms. The second-order valence-electron chi connectivity index (χ2n) is 7.88. The Morgan fingerprint density at radius 3 is 2.47 bits per heavy atom. The number of rotatable bonds is 11. The van der Waals surface area contributed by atoms with Crippen LogP contribution < -0.4 is 19.3 Å². The number of ketones is 1. The number of carbonyl (C=O) groups excluding carboxylic acids is 2. The van der Waals surface area contributed by atoms with Crippen molar-refractivity contribution in [1.29, 1.82) is 0 Å². The molecule has 2 fully saturated rings. The number of phosphoric acid groups is 1. The van der Waals surface area contributed by atoms with Gasteiger partial charge in [-0.25, -0.2) is 9.36 Å². The van der Waals surface area contributed by atoms with Crippen molar-refractivity contribution in [2.75, 3.05) is 20.0 Å². The van der Waals surface area contributed by atoms with Crippen LogP contribution in [0.5, 0.6) is 17.2 Å². The van der Waals surface area contributed by atoms with Crippen molar-refractivity contribution in [3.05, 3.63) is 17.7 Å². The van der Waals surface area contributed by atoms with Crippen molar-refractivity contribution in [2.24, 2.45) is 0 Å². The van der Waals surface area contributed by atoms with Gasteiger partial charge in [-0.05, 0) is 19.8 Å². The van der Waals surface area contributed by atoms with Crippen LogP contribution in [0.3, 0.4) is 0 Å². The van der Waals surface area contributed by atoms with Crippen LogP contribution in [0.1, 0.15) is 38.2 Å². The van der Waals surface area contributed by atoms with Gasteiger partial charge < -0.3 is 29.0 Å². The molecule has 1 aromatic carbocycles. The Morgan fingerprint density at radius 2 is 1.91 bits per heavy atom. The van der Waals surface area contributed by atoms with Crippen molar-refractivity contribution >= 4 is 31.4 Å². The van der Waals surface area contributed by atoms with Crippen LogP contribution in [0.25, 0.3) is 0 Å². The van der Waals surface area contributed by atoms with Crippen LogP contribution in [-0.2, 0) is 15.9 Å². The van der Waals surface area contributed by atoms with Gasteiger partial charge in [0.2, 0.25) is 0 Å². The molecule has 178 valence electrons. The number of hydrogen-bond acceptors (Lipinski definition) is 7. The number of thioether (sulfide) groups is 1. The molecule has 0 unspecified atom stereocenters. The summed E-state index contributed by atoms with van der Waals surface area (Å²) in [6.45, 7) is 1.82. The third kappa shape index (κ3) is 5.89. The van der Waals surface area contributed by atoms with Crippen LogP contribution >= 0.6 is 19.6 Å².